The number of benzene rings is 1. The Morgan fingerprint density at radius 3 is 1.67 bits per heavy atom. The van der Waals surface area contributed by atoms with Crippen molar-refractivity contribution in [3.05, 3.63) is 17.7 Å². The Hall–Kier alpha value is -1.71. The van der Waals surface area contributed by atoms with Gasteiger partial charge in [0.25, 0.3) is 0 Å². The molecule has 0 unspecified atom stereocenters. The average Bonchev–Trinajstić information content (AvgIpc) is 2.47. The highest BCUT2D eigenvalue weighted by molar-refractivity contribution is 6.00. The van der Waals surface area contributed by atoms with Crippen molar-refractivity contribution in [2.24, 2.45) is 0 Å². The average molecular weight is 294 g/mol. The summed E-state index contributed by atoms with van der Waals surface area (Å²) in [6, 6.07) is 3.56. The Kier molecular flexibility index (Phi) is 7.65. The lowest BCUT2D eigenvalue weighted by molar-refractivity contribution is 0.100. The van der Waals surface area contributed by atoms with Crippen molar-refractivity contribution < 1.29 is 19.0 Å². The molecule has 0 spiro atoms. The topological polar surface area (TPSA) is 44.8 Å². The second-order valence-electron chi connectivity index (χ2n) is 4.90. The van der Waals surface area contributed by atoms with Crippen LogP contribution >= 0.6 is 0 Å². The molecule has 1 aromatic carbocycles. The second kappa shape index (κ2) is 9.27. The zero-order valence-corrected chi connectivity index (χ0v) is 13.5. The summed E-state index contributed by atoms with van der Waals surface area (Å²) in [5.41, 5.74) is 0.501. The first-order valence-electron chi connectivity index (χ1n) is 7.71. The van der Waals surface area contributed by atoms with Crippen molar-refractivity contribution in [3.63, 3.8) is 0 Å². The fourth-order valence-electron chi connectivity index (χ4n) is 1.87. The molecule has 4 heteroatoms. The molecule has 0 heterocycles. The number of rotatable bonds is 10. The van der Waals surface area contributed by atoms with E-state index < -0.39 is 0 Å². The van der Waals surface area contributed by atoms with Crippen LogP contribution in [0.3, 0.4) is 0 Å². The van der Waals surface area contributed by atoms with Crippen molar-refractivity contribution in [1.82, 2.24) is 0 Å². The Balaban J connectivity index is 3.17. The van der Waals surface area contributed by atoms with Gasteiger partial charge < -0.3 is 14.2 Å². The fourth-order valence-corrected chi connectivity index (χ4v) is 1.87. The standard InChI is InChI=1S/C17H26O4/c1-5-8-19-14-11-15(20-9-6-2)17(13(4)18)16(12-14)21-10-7-3/h11-12H,5-10H2,1-4H3. The maximum Gasteiger partial charge on any atom is 0.167 e. The van der Waals surface area contributed by atoms with E-state index in [1.807, 2.05) is 20.8 Å². The minimum atomic E-state index is -0.0609. The summed E-state index contributed by atoms with van der Waals surface area (Å²) < 4.78 is 17.1. The van der Waals surface area contributed by atoms with Gasteiger partial charge in [0.05, 0.1) is 19.8 Å². The van der Waals surface area contributed by atoms with Gasteiger partial charge in [-0.3, -0.25) is 4.79 Å². The summed E-state index contributed by atoms with van der Waals surface area (Å²) in [6.07, 6.45) is 2.68. The lowest BCUT2D eigenvalue weighted by Gasteiger charge is -2.16. The highest BCUT2D eigenvalue weighted by Gasteiger charge is 2.18. The monoisotopic (exact) mass is 294 g/mol. The Bertz CT molecular complexity index is 425. The van der Waals surface area contributed by atoms with Crippen LogP contribution in [0.5, 0.6) is 17.2 Å². The Labute approximate surface area is 127 Å². The minimum absolute atomic E-state index is 0.0609. The first kappa shape index (κ1) is 17.3. The number of carbonyl (C=O) groups excluding carboxylic acids is 1. The molecule has 0 saturated carbocycles. The summed E-state index contributed by atoms with van der Waals surface area (Å²) in [5.74, 6) is 1.71. The predicted octanol–water partition coefficient (Wildman–Crippen LogP) is 4.26. The quantitative estimate of drug-likeness (QED) is 0.605. The molecule has 0 aromatic heterocycles. The van der Waals surface area contributed by atoms with E-state index >= 15 is 0 Å². The van der Waals surface area contributed by atoms with E-state index in [0.717, 1.165) is 19.3 Å². The number of hydrogen-bond donors (Lipinski definition) is 0. The molecule has 4 nitrogen and oxygen atoms in total. The van der Waals surface area contributed by atoms with Gasteiger partial charge in [-0.25, -0.2) is 0 Å². The van der Waals surface area contributed by atoms with Gasteiger partial charge in [0.2, 0.25) is 0 Å². The lowest BCUT2D eigenvalue weighted by atomic mass is 10.1. The van der Waals surface area contributed by atoms with Gasteiger partial charge in [0.15, 0.2) is 5.78 Å². The predicted molar refractivity (Wildman–Crippen MR) is 83.8 cm³/mol. The van der Waals surface area contributed by atoms with E-state index in [0.29, 0.717) is 42.6 Å². The highest BCUT2D eigenvalue weighted by Crippen LogP contribution is 2.35. The lowest BCUT2D eigenvalue weighted by Crippen LogP contribution is -2.08. The van der Waals surface area contributed by atoms with E-state index in [4.69, 9.17) is 14.2 Å². The van der Waals surface area contributed by atoms with Gasteiger partial charge in [-0.15, -0.1) is 0 Å². The number of ether oxygens (including phenoxy) is 3. The van der Waals surface area contributed by atoms with Crippen LogP contribution in [0.4, 0.5) is 0 Å². The first-order chi connectivity index (χ1) is 10.1. The molecule has 0 aliphatic carbocycles. The second-order valence-corrected chi connectivity index (χ2v) is 4.90. The molecule has 0 N–H and O–H groups in total. The van der Waals surface area contributed by atoms with Gasteiger partial charge in [-0.2, -0.15) is 0 Å². The van der Waals surface area contributed by atoms with Crippen LogP contribution < -0.4 is 14.2 Å². The van der Waals surface area contributed by atoms with Crippen molar-refractivity contribution in [3.8, 4) is 17.2 Å². The van der Waals surface area contributed by atoms with Crippen molar-refractivity contribution in [1.29, 1.82) is 0 Å². The summed E-state index contributed by atoms with van der Waals surface area (Å²) >= 11 is 0. The normalized spacial score (nSPS) is 10.3. The molecule has 118 valence electrons. The zero-order chi connectivity index (χ0) is 15.7. The van der Waals surface area contributed by atoms with Crippen LogP contribution in [-0.2, 0) is 0 Å². The molecular weight excluding hydrogens is 268 g/mol. The fraction of sp³-hybridized carbons (Fsp3) is 0.588. The molecule has 1 rings (SSSR count). The molecule has 0 radical (unpaired) electrons. The number of ketones is 1. The maximum absolute atomic E-state index is 11.9. The van der Waals surface area contributed by atoms with E-state index in [1.165, 1.54) is 6.92 Å². The van der Waals surface area contributed by atoms with E-state index in [9.17, 15) is 4.79 Å². The van der Waals surface area contributed by atoms with Crippen LogP contribution in [0.2, 0.25) is 0 Å². The first-order valence-corrected chi connectivity index (χ1v) is 7.71. The number of Topliss-reactive ketones (excluding diaryl/α,β-unsaturated/α-hetero) is 1. The van der Waals surface area contributed by atoms with Crippen molar-refractivity contribution in [2.45, 2.75) is 47.0 Å². The van der Waals surface area contributed by atoms with E-state index in [2.05, 4.69) is 0 Å². The molecule has 0 aliphatic rings. The third kappa shape index (κ3) is 5.29. The van der Waals surface area contributed by atoms with Crippen molar-refractivity contribution in [2.75, 3.05) is 19.8 Å². The Morgan fingerprint density at radius 1 is 0.857 bits per heavy atom. The largest absolute Gasteiger partial charge is 0.493 e. The Morgan fingerprint density at radius 2 is 1.29 bits per heavy atom. The van der Waals surface area contributed by atoms with Crippen LogP contribution in [0.15, 0.2) is 12.1 Å². The molecule has 21 heavy (non-hydrogen) atoms. The van der Waals surface area contributed by atoms with Gasteiger partial charge >= 0.3 is 0 Å². The van der Waals surface area contributed by atoms with Crippen LogP contribution in [0.1, 0.15) is 57.3 Å². The van der Waals surface area contributed by atoms with Crippen molar-refractivity contribution >= 4 is 5.78 Å². The van der Waals surface area contributed by atoms with Gasteiger partial charge in [0, 0.05) is 12.1 Å². The van der Waals surface area contributed by atoms with Gasteiger partial charge in [-0.1, -0.05) is 20.8 Å². The third-order valence-electron chi connectivity index (χ3n) is 2.79. The molecular formula is C17H26O4. The van der Waals surface area contributed by atoms with Crippen LogP contribution in [-0.4, -0.2) is 25.6 Å². The molecule has 0 aliphatic heterocycles. The van der Waals surface area contributed by atoms with Gasteiger partial charge in [-0.05, 0) is 26.2 Å². The maximum atomic E-state index is 11.9. The van der Waals surface area contributed by atoms with Crippen LogP contribution in [0, 0.1) is 0 Å². The summed E-state index contributed by atoms with van der Waals surface area (Å²) in [6.45, 7) is 9.38. The smallest absolute Gasteiger partial charge is 0.167 e. The molecule has 0 saturated heterocycles. The molecule has 0 amide bonds. The third-order valence-corrected chi connectivity index (χ3v) is 2.79. The zero-order valence-electron chi connectivity index (χ0n) is 13.5. The summed E-state index contributed by atoms with van der Waals surface area (Å²) in [4.78, 5) is 11.9. The summed E-state index contributed by atoms with van der Waals surface area (Å²) in [5, 5.41) is 0. The molecule has 1 aromatic rings. The summed E-state index contributed by atoms with van der Waals surface area (Å²) in [7, 11) is 0. The van der Waals surface area contributed by atoms with Gasteiger partial charge in [0.1, 0.15) is 22.8 Å². The molecule has 0 bridgehead atoms. The minimum Gasteiger partial charge on any atom is -0.493 e. The SMILES string of the molecule is CCCOc1cc(OCCC)c(C(C)=O)c(OCCC)c1. The van der Waals surface area contributed by atoms with E-state index in [1.54, 1.807) is 12.1 Å². The highest BCUT2D eigenvalue weighted by atomic mass is 16.5. The number of carbonyl (C=O) groups is 1. The molecule has 0 fully saturated rings. The molecule has 0 atom stereocenters. The number of hydrogen-bond acceptors (Lipinski definition) is 4. The van der Waals surface area contributed by atoms with Crippen LogP contribution in [0.25, 0.3) is 0 Å². The van der Waals surface area contributed by atoms with E-state index in [-0.39, 0.29) is 5.78 Å².